The number of fused-ring (bicyclic) bond motifs is 2. The fraction of sp³-hybridized carbons (Fsp3) is 0.240. The summed E-state index contributed by atoms with van der Waals surface area (Å²) in [5.74, 6) is 2.35. The number of aromatic amines is 1. The lowest BCUT2D eigenvalue weighted by atomic mass is 10.1. The molecular formula is C25H24N8O3S. The van der Waals surface area contributed by atoms with Crippen LogP contribution < -0.4 is 25.0 Å². The maximum Gasteiger partial charge on any atom is 0.251 e. The van der Waals surface area contributed by atoms with E-state index in [0.717, 1.165) is 34.4 Å². The number of methoxy groups -OCH3 is 2. The summed E-state index contributed by atoms with van der Waals surface area (Å²) < 4.78 is 10.8. The summed E-state index contributed by atoms with van der Waals surface area (Å²) in [5.41, 5.74) is 4.75. The summed E-state index contributed by atoms with van der Waals surface area (Å²) in [6.07, 6.45) is 2.51. The normalized spacial score (nSPS) is 15.3. The Hall–Kier alpha value is -4.45. The number of H-pyrrole nitrogens is 1. The minimum absolute atomic E-state index is 0.0180. The van der Waals surface area contributed by atoms with Gasteiger partial charge in [-0.1, -0.05) is 0 Å². The number of hydrogen-bond acceptors (Lipinski definition) is 10. The number of thiazole rings is 1. The predicted octanol–water partition coefficient (Wildman–Crippen LogP) is 3.73. The fourth-order valence-corrected chi connectivity index (χ4v) is 5.10. The lowest BCUT2D eigenvalue weighted by Crippen LogP contribution is -2.37. The van der Waals surface area contributed by atoms with Crippen LogP contribution in [0.5, 0.6) is 11.5 Å². The highest BCUT2D eigenvalue weighted by Gasteiger charge is 2.27. The third-order valence-corrected chi connectivity index (χ3v) is 7.06. The quantitative estimate of drug-likeness (QED) is 0.296. The molecule has 1 amide bonds. The molecule has 12 heteroatoms. The fourth-order valence-electron chi connectivity index (χ4n) is 4.44. The Bertz CT molecular complexity index is 1600. The van der Waals surface area contributed by atoms with E-state index in [1.807, 2.05) is 30.3 Å². The molecule has 6 rings (SSSR count). The Morgan fingerprint density at radius 2 is 2.03 bits per heavy atom. The summed E-state index contributed by atoms with van der Waals surface area (Å²) in [4.78, 5) is 29.8. The molecule has 1 unspecified atom stereocenters. The summed E-state index contributed by atoms with van der Waals surface area (Å²) in [5, 5.41) is 14.3. The van der Waals surface area contributed by atoms with Crippen molar-refractivity contribution in [1.82, 2.24) is 30.5 Å². The number of benzene rings is 2. The number of carbonyl (C=O) groups excluding carboxylic acids is 1. The van der Waals surface area contributed by atoms with E-state index in [0.29, 0.717) is 40.9 Å². The first-order chi connectivity index (χ1) is 18.1. The molecule has 1 saturated heterocycles. The van der Waals surface area contributed by atoms with Gasteiger partial charge < -0.3 is 25.0 Å². The van der Waals surface area contributed by atoms with E-state index >= 15 is 0 Å². The van der Waals surface area contributed by atoms with E-state index in [1.54, 1.807) is 32.0 Å². The molecule has 11 nitrogen and oxygen atoms in total. The van der Waals surface area contributed by atoms with Crippen LogP contribution in [0, 0.1) is 0 Å². The smallest absolute Gasteiger partial charge is 0.251 e. The maximum absolute atomic E-state index is 12.9. The minimum Gasteiger partial charge on any atom is -0.493 e. The standard InChI is InChI=1S/C25H24N8O3S/c1-35-19-6-4-16(10-20(19)36-2)28-22-21-24(37-13-26-21)31-25(30-22)33-8-7-17(12-33)29-23(34)14-3-5-18-15(9-14)11-27-32-18/h3-6,9-11,13,17H,7-8,12H2,1-2H3,(H,27,32)(H,29,34)(H,28,30,31). The molecule has 0 aliphatic carbocycles. The van der Waals surface area contributed by atoms with Gasteiger partial charge in [-0.3, -0.25) is 9.89 Å². The number of carbonyl (C=O) groups is 1. The molecule has 0 bridgehead atoms. The summed E-state index contributed by atoms with van der Waals surface area (Å²) in [6, 6.07) is 11.1. The van der Waals surface area contributed by atoms with Crippen molar-refractivity contribution in [3.05, 3.63) is 53.7 Å². The van der Waals surface area contributed by atoms with Crippen LogP contribution in [0.25, 0.3) is 21.3 Å². The van der Waals surface area contributed by atoms with Crippen LogP contribution in [0.4, 0.5) is 17.5 Å². The predicted molar refractivity (Wildman–Crippen MR) is 142 cm³/mol. The maximum atomic E-state index is 12.9. The number of hydrogen-bond donors (Lipinski definition) is 3. The van der Waals surface area contributed by atoms with E-state index in [9.17, 15) is 4.79 Å². The zero-order chi connectivity index (χ0) is 25.4. The first kappa shape index (κ1) is 23.0. The number of ether oxygens (including phenoxy) is 2. The van der Waals surface area contributed by atoms with Gasteiger partial charge in [-0.15, -0.1) is 11.3 Å². The molecule has 188 valence electrons. The second-order valence-electron chi connectivity index (χ2n) is 8.65. The van der Waals surface area contributed by atoms with Gasteiger partial charge in [0.25, 0.3) is 5.91 Å². The van der Waals surface area contributed by atoms with E-state index in [1.165, 1.54) is 11.3 Å². The zero-order valence-electron chi connectivity index (χ0n) is 20.2. The molecule has 5 aromatic rings. The highest BCUT2D eigenvalue weighted by atomic mass is 32.1. The third kappa shape index (κ3) is 4.47. The Morgan fingerprint density at radius 1 is 1.14 bits per heavy atom. The van der Waals surface area contributed by atoms with E-state index in [2.05, 4.69) is 30.7 Å². The molecule has 1 aliphatic heterocycles. The Morgan fingerprint density at radius 3 is 2.89 bits per heavy atom. The van der Waals surface area contributed by atoms with Crippen molar-refractivity contribution in [3.63, 3.8) is 0 Å². The second kappa shape index (κ2) is 9.54. The Kier molecular flexibility index (Phi) is 5.93. The van der Waals surface area contributed by atoms with E-state index in [4.69, 9.17) is 19.4 Å². The van der Waals surface area contributed by atoms with Gasteiger partial charge in [0, 0.05) is 41.8 Å². The average Bonchev–Trinajstić information content (AvgIpc) is 3.68. The van der Waals surface area contributed by atoms with Crippen molar-refractivity contribution in [2.45, 2.75) is 12.5 Å². The Balaban J connectivity index is 1.20. The van der Waals surface area contributed by atoms with Gasteiger partial charge in [-0.2, -0.15) is 15.1 Å². The van der Waals surface area contributed by atoms with Crippen molar-refractivity contribution in [2.75, 3.05) is 37.5 Å². The number of anilines is 3. The van der Waals surface area contributed by atoms with Crippen LogP contribution in [-0.4, -0.2) is 64.4 Å². The SMILES string of the molecule is COc1ccc(Nc2nc(N3CCC(NC(=O)c4ccc5[nH]ncc5c4)C3)nc3scnc23)cc1OC. The lowest BCUT2D eigenvalue weighted by molar-refractivity contribution is 0.0940. The topological polar surface area (TPSA) is 130 Å². The van der Waals surface area contributed by atoms with Gasteiger partial charge in [0.1, 0.15) is 5.52 Å². The van der Waals surface area contributed by atoms with Crippen molar-refractivity contribution in [1.29, 1.82) is 0 Å². The van der Waals surface area contributed by atoms with Crippen LogP contribution in [0.2, 0.25) is 0 Å². The van der Waals surface area contributed by atoms with Crippen molar-refractivity contribution in [3.8, 4) is 11.5 Å². The number of rotatable bonds is 7. The van der Waals surface area contributed by atoms with E-state index < -0.39 is 0 Å². The largest absolute Gasteiger partial charge is 0.493 e. The molecule has 0 saturated carbocycles. The highest BCUT2D eigenvalue weighted by Crippen LogP contribution is 2.33. The first-order valence-corrected chi connectivity index (χ1v) is 12.6. The van der Waals surface area contributed by atoms with Gasteiger partial charge >= 0.3 is 0 Å². The van der Waals surface area contributed by atoms with Gasteiger partial charge in [0.15, 0.2) is 22.1 Å². The van der Waals surface area contributed by atoms with Gasteiger partial charge in [-0.25, -0.2) is 4.98 Å². The molecule has 3 N–H and O–H groups in total. The van der Waals surface area contributed by atoms with Crippen LogP contribution in [-0.2, 0) is 0 Å². The lowest BCUT2D eigenvalue weighted by Gasteiger charge is -2.18. The van der Waals surface area contributed by atoms with Crippen LogP contribution in [0.1, 0.15) is 16.8 Å². The monoisotopic (exact) mass is 516 g/mol. The van der Waals surface area contributed by atoms with Gasteiger partial charge in [0.2, 0.25) is 5.95 Å². The van der Waals surface area contributed by atoms with Crippen LogP contribution in [0.15, 0.2) is 48.1 Å². The zero-order valence-corrected chi connectivity index (χ0v) is 21.0. The Labute approximate surface area is 215 Å². The number of nitrogens with zero attached hydrogens (tertiary/aromatic N) is 5. The van der Waals surface area contributed by atoms with Crippen LogP contribution >= 0.6 is 11.3 Å². The molecular weight excluding hydrogens is 492 g/mol. The second-order valence-corrected chi connectivity index (χ2v) is 9.48. The summed E-state index contributed by atoms with van der Waals surface area (Å²) in [6.45, 7) is 1.34. The number of amides is 1. The molecule has 1 fully saturated rings. The number of aromatic nitrogens is 5. The third-order valence-electron chi connectivity index (χ3n) is 6.34. The molecule has 37 heavy (non-hydrogen) atoms. The molecule has 0 radical (unpaired) electrons. The molecule has 2 aromatic carbocycles. The molecule has 0 spiro atoms. The summed E-state index contributed by atoms with van der Waals surface area (Å²) >= 11 is 1.46. The average molecular weight is 517 g/mol. The minimum atomic E-state index is -0.107. The van der Waals surface area contributed by atoms with Crippen molar-refractivity contribution < 1.29 is 14.3 Å². The highest BCUT2D eigenvalue weighted by molar-refractivity contribution is 7.16. The van der Waals surface area contributed by atoms with Crippen LogP contribution in [0.3, 0.4) is 0 Å². The van der Waals surface area contributed by atoms with Crippen molar-refractivity contribution in [2.24, 2.45) is 0 Å². The first-order valence-electron chi connectivity index (χ1n) is 11.7. The molecule has 4 heterocycles. The molecule has 3 aromatic heterocycles. The molecule has 1 atom stereocenters. The number of nitrogens with one attached hydrogen (secondary N) is 3. The van der Waals surface area contributed by atoms with Gasteiger partial charge in [-0.05, 0) is 36.8 Å². The summed E-state index contributed by atoms with van der Waals surface area (Å²) in [7, 11) is 3.20. The van der Waals surface area contributed by atoms with Gasteiger partial charge in [0.05, 0.1) is 31.4 Å². The van der Waals surface area contributed by atoms with E-state index in [-0.39, 0.29) is 11.9 Å². The molecule has 1 aliphatic rings. The van der Waals surface area contributed by atoms with Crippen molar-refractivity contribution >= 4 is 55.9 Å².